The van der Waals surface area contributed by atoms with Crippen LogP contribution in [0.1, 0.15) is 19.4 Å². The Morgan fingerprint density at radius 2 is 1.71 bits per heavy atom. The number of ether oxygens (including phenoxy) is 4. The van der Waals surface area contributed by atoms with E-state index in [0.29, 0.717) is 34.3 Å². The first-order valence-corrected chi connectivity index (χ1v) is 9.77. The molecule has 0 aliphatic rings. The third kappa shape index (κ3) is 4.58. The summed E-state index contributed by atoms with van der Waals surface area (Å²) in [5.74, 6) is 2.61. The number of amides is 1. The van der Waals surface area contributed by atoms with E-state index in [0.717, 1.165) is 16.6 Å². The maximum atomic E-state index is 12.0. The van der Waals surface area contributed by atoms with Gasteiger partial charge in [0, 0.05) is 23.7 Å². The summed E-state index contributed by atoms with van der Waals surface area (Å²) in [7, 11) is 6.28. The van der Waals surface area contributed by atoms with Crippen molar-refractivity contribution in [2.45, 2.75) is 19.9 Å². The summed E-state index contributed by atoms with van der Waals surface area (Å²) >= 11 is 0. The Hall–Kier alpha value is -3.68. The van der Waals surface area contributed by atoms with Crippen LogP contribution in [-0.4, -0.2) is 50.4 Å². The standard InChI is InChI=1S/C23H27N3O5/c1-13(2)24-20(27)10-7-14-11-16-17(12-19(14)29-4)26-23(25-16)15-8-9-18(28-3)22(31-6)21(15)30-5/h7-13H,1-6H3,(H,24,27)(H,25,26)/b10-7+. The minimum atomic E-state index is -0.169. The number of aromatic nitrogens is 2. The number of aromatic amines is 1. The predicted octanol–water partition coefficient (Wildman–Crippen LogP) is 3.80. The lowest BCUT2D eigenvalue weighted by molar-refractivity contribution is -0.116. The smallest absolute Gasteiger partial charge is 0.244 e. The van der Waals surface area contributed by atoms with E-state index in [-0.39, 0.29) is 11.9 Å². The fourth-order valence-electron chi connectivity index (χ4n) is 3.27. The Labute approximate surface area is 181 Å². The molecule has 2 aromatic carbocycles. The predicted molar refractivity (Wildman–Crippen MR) is 120 cm³/mol. The first kappa shape index (κ1) is 22.0. The molecule has 164 valence electrons. The summed E-state index contributed by atoms with van der Waals surface area (Å²) in [5.41, 5.74) is 2.98. The van der Waals surface area contributed by atoms with Gasteiger partial charge in [-0.2, -0.15) is 0 Å². The molecule has 3 rings (SSSR count). The van der Waals surface area contributed by atoms with Gasteiger partial charge in [0.15, 0.2) is 11.5 Å². The molecule has 8 heteroatoms. The van der Waals surface area contributed by atoms with Crippen LogP contribution >= 0.6 is 0 Å². The topological polar surface area (TPSA) is 94.7 Å². The Morgan fingerprint density at radius 3 is 2.32 bits per heavy atom. The van der Waals surface area contributed by atoms with Crippen LogP contribution in [0.5, 0.6) is 23.0 Å². The first-order chi connectivity index (χ1) is 14.9. The molecule has 1 heterocycles. The number of rotatable bonds is 8. The molecular formula is C23H27N3O5. The van der Waals surface area contributed by atoms with E-state index in [1.165, 1.54) is 6.08 Å². The molecule has 1 aromatic heterocycles. The molecule has 3 aromatic rings. The lowest BCUT2D eigenvalue weighted by atomic mass is 10.1. The van der Waals surface area contributed by atoms with Gasteiger partial charge in [0.25, 0.3) is 0 Å². The van der Waals surface area contributed by atoms with Gasteiger partial charge in [0.2, 0.25) is 11.7 Å². The zero-order valence-electron chi connectivity index (χ0n) is 18.5. The van der Waals surface area contributed by atoms with E-state index >= 15 is 0 Å². The largest absolute Gasteiger partial charge is 0.496 e. The van der Waals surface area contributed by atoms with Gasteiger partial charge in [-0.25, -0.2) is 4.98 Å². The number of hydrogen-bond acceptors (Lipinski definition) is 6. The summed E-state index contributed by atoms with van der Waals surface area (Å²) in [6.45, 7) is 3.82. The van der Waals surface area contributed by atoms with Crippen molar-refractivity contribution in [1.29, 1.82) is 0 Å². The minimum absolute atomic E-state index is 0.0631. The van der Waals surface area contributed by atoms with E-state index < -0.39 is 0 Å². The summed E-state index contributed by atoms with van der Waals surface area (Å²) < 4.78 is 21.9. The Morgan fingerprint density at radius 1 is 1.00 bits per heavy atom. The minimum Gasteiger partial charge on any atom is -0.496 e. The number of H-pyrrole nitrogens is 1. The number of carbonyl (C=O) groups is 1. The van der Waals surface area contributed by atoms with E-state index in [1.807, 2.05) is 32.0 Å². The van der Waals surface area contributed by atoms with Crippen LogP contribution in [0, 0.1) is 0 Å². The first-order valence-electron chi connectivity index (χ1n) is 9.77. The quantitative estimate of drug-likeness (QED) is 0.533. The van der Waals surface area contributed by atoms with Crippen molar-refractivity contribution < 1.29 is 23.7 Å². The van der Waals surface area contributed by atoms with Crippen molar-refractivity contribution in [2.75, 3.05) is 28.4 Å². The lowest BCUT2D eigenvalue weighted by Gasteiger charge is -2.14. The fraction of sp³-hybridized carbons (Fsp3) is 0.304. The van der Waals surface area contributed by atoms with Crippen molar-refractivity contribution in [1.82, 2.24) is 15.3 Å². The summed E-state index contributed by atoms with van der Waals surface area (Å²) in [6, 6.07) is 7.42. The highest BCUT2D eigenvalue weighted by Crippen LogP contribution is 2.44. The van der Waals surface area contributed by atoms with Crippen molar-refractivity contribution in [3.05, 3.63) is 35.9 Å². The maximum Gasteiger partial charge on any atom is 0.244 e. The molecule has 8 nitrogen and oxygen atoms in total. The van der Waals surface area contributed by atoms with Crippen LogP contribution in [0.2, 0.25) is 0 Å². The van der Waals surface area contributed by atoms with Gasteiger partial charge in [-0.1, -0.05) is 0 Å². The van der Waals surface area contributed by atoms with Gasteiger partial charge in [-0.15, -0.1) is 0 Å². The van der Waals surface area contributed by atoms with E-state index in [9.17, 15) is 4.79 Å². The third-order valence-corrected chi connectivity index (χ3v) is 4.64. The summed E-state index contributed by atoms with van der Waals surface area (Å²) in [4.78, 5) is 20.0. The van der Waals surface area contributed by atoms with Gasteiger partial charge in [-0.05, 0) is 38.1 Å². The second kappa shape index (κ2) is 9.42. The van der Waals surface area contributed by atoms with Crippen molar-refractivity contribution in [3.63, 3.8) is 0 Å². The number of carbonyl (C=O) groups excluding carboxylic acids is 1. The molecule has 2 N–H and O–H groups in total. The highest BCUT2D eigenvalue weighted by Gasteiger charge is 2.19. The molecule has 0 radical (unpaired) electrons. The molecular weight excluding hydrogens is 398 g/mol. The summed E-state index contributed by atoms with van der Waals surface area (Å²) in [5, 5.41) is 2.82. The number of methoxy groups -OCH3 is 4. The number of nitrogens with one attached hydrogen (secondary N) is 2. The second-order valence-electron chi connectivity index (χ2n) is 7.08. The molecule has 31 heavy (non-hydrogen) atoms. The molecule has 0 saturated carbocycles. The summed E-state index contributed by atoms with van der Waals surface area (Å²) in [6.07, 6.45) is 3.20. The number of benzene rings is 2. The normalized spacial score (nSPS) is 11.2. The molecule has 0 atom stereocenters. The molecule has 0 unspecified atom stereocenters. The van der Waals surface area contributed by atoms with Crippen LogP contribution in [-0.2, 0) is 4.79 Å². The molecule has 0 spiro atoms. The third-order valence-electron chi connectivity index (χ3n) is 4.64. The van der Waals surface area contributed by atoms with Crippen LogP contribution in [0.4, 0.5) is 0 Å². The van der Waals surface area contributed by atoms with Gasteiger partial charge in [0.05, 0.1) is 45.0 Å². The van der Waals surface area contributed by atoms with Crippen LogP contribution in [0.3, 0.4) is 0 Å². The molecule has 0 bridgehead atoms. The second-order valence-corrected chi connectivity index (χ2v) is 7.08. The number of imidazole rings is 1. The maximum absolute atomic E-state index is 12.0. The average Bonchev–Trinajstić information content (AvgIpc) is 3.17. The van der Waals surface area contributed by atoms with Crippen LogP contribution in [0.15, 0.2) is 30.3 Å². The number of nitrogens with zero attached hydrogens (tertiary/aromatic N) is 1. The SMILES string of the molecule is COc1cc2nc(-c3ccc(OC)c(OC)c3OC)[nH]c2cc1/C=C/C(=O)NC(C)C. The Balaban J connectivity index is 2.06. The number of hydrogen-bond donors (Lipinski definition) is 2. The molecule has 0 fully saturated rings. The Bertz CT molecular complexity index is 1120. The molecule has 0 aliphatic carbocycles. The van der Waals surface area contributed by atoms with Crippen molar-refractivity contribution in [2.24, 2.45) is 0 Å². The monoisotopic (exact) mass is 425 g/mol. The lowest BCUT2D eigenvalue weighted by Crippen LogP contribution is -2.28. The zero-order valence-corrected chi connectivity index (χ0v) is 18.5. The average molecular weight is 425 g/mol. The van der Waals surface area contributed by atoms with Gasteiger partial charge in [-0.3, -0.25) is 4.79 Å². The van der Waals surface area contributed by atoms with E-state index in [2.05, 4.69) is 10.3 Å². The molecule has 0 aliphatic heterocycles. The van der Waals surface area contributed by atoms with Gasteiger partial charge in [0.1, 0.15) is 11.6 Å². The fourth-order valence-corrected chi connectivity index (χ4v) is 3.27. The van der Waals surface area contributed by atoms with E-state index in [1.54, 1.807) is 40.6 Å². The van der Waals surface area contributed by atoms with Crippen molar-refractivity contribution in [3.8, 4) is 34.4 Å². The van der Waals surface area contributed by atoms with Gasteiger partial charge < -0.3 is 29.2 Å². The van der Waals surface area contributed by atoms with Crippen LogP contribution in [0.25, 0.3) is 28.5 Å². The Kier molecular flexibility index (Phi) is 6.69. The molecule has 1 amide bonds. The highest BCUT2D eigenvalue weighted by atomic mass is 16.5. The van der Waals surface area contributed by atoms with Crippen molar-refractivity contribution >= 4 is 23.0 Å². The van der Waals surface area contributed by atoms with Crippen LogP contribution < -0.4 is 24.3 Å². The van der Waals surface area contributed by atoms with Gasteiger partial charge >= 0.3 is 0 Å². The highest BCUT2D eigenvalue weighted by molar-refractivity contribution is 5.93. The van der Waals surface area contributed by atoms with E-state index in [4.69, 9.17) is 23.9 Å². The zero-order chi connectivity index (χ0) is 22.5. The number of fused-ring (bicyclic) bond motifs is 1. The molecule has 0 saturated heterocycles.